The molecule has 0 saturated carbocycles. The summed E-state index contributed by atoms with van der Waals surface area (Å²) >= 11 is 0. The predicted octanol–water partition coefficient (Wildman–Crippen LogP) is 2.72. The van der Waals surface area contributed by atoms with Gasteiger partial charge in [0.05, 0.1) is 6.10 Å². The molecule has 18 heavy (non-hydrogen) atoms. The minimum atomic E-state index is -0.163. The van der Waals surface area contributed by atoms with Crippen LogP contribution in [0.1, 0.15) is 56.8 Å². The van der Waals surface area contributed by atoms with Gasteiger partial charge in [-0.05, 0) is 43.9 Å². The van der Waals surface area contributed by atoms with Gasteiger partial charge >= 0.3 is 0 Å². The second kappa shape index (κ2) is 5.81. The number of nitrogens with zero attached hydrogens (tertiary/aromatic N) is 2. The van der Waals surface area contributed by atoms with Crippen molar-refractivity contribution in [1.29, 1.82) is 0 Å². The van der Waals surface area contributed by atoms with Crippen molar-refractivity contribution in [2.24, 2.45) is 0 Å². The Labute approximate surface area is 110 Å². The first-order valence-corrected chi connectivity index (χ1v) is 6.96. The quantitative estimate of drug-likeness (QED) is 0.893. The lowest BCUT2D eigenvalue weighted by molar-refractivity contribution is 0.0503. The largest absolute Gasteiger partial charge is 0.392 e. The number of hydrogen-bond acceptors (Lipinski definition) is 3. The highest BCUT2D eigenvalue weighted by molar-refractivity contribution is 5.19. The minimum Gasteiger partial charge on any atom is -0.392 e. The van der Waals surface area contributed by atoms with Gasteiger partial charge in [0, 0.05) is 24.5 Å². The van der Waals surface area contributed by atoms with Crippen molar-refractivity contribution in [1.82, 2.24) is 9.88 Å². The summed E-state index contributed by atoms with van der Waals surface area (Å²) in [5.74, 6) is 0.478. The molecule has 0 aliphatic carbocycles. The van der Waals surface area contributed by atoms with Crippen LogP contribution in [-0.2, 0) is 0 Å². The summed E-state index contributed by atoms with van der Waals surface area (Å²) in [6, 6.07) is 4.64. The molecule has 1 aliphatic rings. The molecule has 0 bridgehead atoms. The molecule has 0 radical (unpaired) electrons. The number of hydrogen-bond donors (Lipinski definition) is 1. The predicted molar refractivity (Wildman–Crippen MR) is 73.6 cm³/mol. The van der Waals surface area contributed by atoms with Crippen LogP contribution in [0.3, 0.4) is 0 Å². The van der Waals surface area contributed by atoms with Gasteiger partial charge in [0.15, 0.2) is 0 Å². The Bertz CT molecular complexity index is 375. The van der Waals surface area contributed by atoms with Crippen LogP contribution in [0.25, 0.3) is 0 Å². The second-order valence-electron chi connectivity index (χ2n) is 5.64. The van der Waals surface area contributed by atoms with Gasteiger partial charge in [-0.1, -0.05) is 19.9 Å². The number of aliphatic hydroxyl groups is 1. The van der Waals surface area contributed by atoms with E-state index < -0.39 is 0 Å². The third-order valence-corrected chi connectivity index (χ3v) is 3.86. The Balaban J connectivity index is 2.05. The number of piperidine rings is 1. The molecule has 3 heteroatoms. The summed E-state index contributed by atoms with van der Waals surface area (Å²) in [6.45, 7) is 8.38. The van der Waals surface area contributed by atoms with Crippen LogP contribution in [0.2, 0.25) is 0 Å². The standard InChI is InChI=1S/C15H24N2O/c1-11(2)15-7-6-13(9-16-15)12(3)17-8-4-5-14(18)10-17/h6-7,9,11-12,14,18H,4-5,8,10H2,1-3H3/t12?,14-/m1/s1. The molecule has 0 spiro atoms. The van der Waals surface area contributed by atoms with Gasteiger partial charge in [-0.15, -0.1) is 0 Å². The maximum absolute atomic E-state index is 9.73. The average molecular weight is 248 g/mol. The van der Waals surface area contributed by atoms with Crippen LogP contribution < -0.4 is 0 Å². The summed E-state index contributed by atoms with van der Waals surface area (Å²) in [5.41, 5.74) is 2.39. The number of rotatable bonds is 3. The van der Waals surface area contributed by atoms with E-state index in [1.807, 2.05) is 6.20 Å². The fraction of sp³-hybridized carbons (Fsp3) is 0.667. The van der Waals surface area contributed by atoms with Crippen molar-refractivity contribution in [3.8, 4) is 0 Å². The van der Waals surface area contributed by atoms with Gasteiger partial charge in [-0.2, -0.15) is 0 Å². The Kier molecular flexibility index (Phi) is 4.36. The highest BCUT2D eigenvalue weighted by Gasteiger charge is 2.23. The maximum Gasteiger partial charge on any atom is 0.0667 e. The van der Waals surface area contributed by atoms with Gasteiger partial charge in [0.25, 0.3) is 0 Å². The van der Waals surface area contributed by atoms with E-state index >= 15 is 0 Å². The average Bonchev–Trinajstić information content (AvgIpc) is 2.38. The maximum atomic E-state index is 9.73. The zero-order valence-corrected chi connectivity index (χ0v) is 11.6. The van der Waals surface area contributed by atoms with E-state index in [-0.39, 0.29) is 6.10 Å². The fourth-order valence-electron chi connectivity index (χ4n) is 2.55. The molecule has 1 saturated heterocycles. The molecule has 1 aromatic rings. The van der Waals surface area contributed by atoms with Gasteiger partial charge in [0.1, 0.15) is 0 Å². The topological polar surface area (TPSA) is 36.4 Å². The van der Waals surface area contributed by atoms with Crippen LogP contribution in [0, 0.1) is 0 Å². The van der Waals surface area contributed by atoms with Crippen LogP contribution in [-0.4, -0.2) is 34.2 Å². The van der Waals surface area contributed by atoms with Crippen molar-refractivity contribution in [3.05, 3.63) is 29.6 Å². The number of β-amino-alcohol motifs (C(OH)–C–C–N with tert-alkyl or cyclic N) is 1. The van der Waals surface area contributed by atoms with Crippen LogP contribution in [0.4, 0.5) is 0 Å². The fourth-order valence-corrected chi connectivity index (χ4v) is 2.55. The summed E-state index contributed by atoms with van der Waals surface area (Å²) < 4.78 is 0. The van der Waals surface area contributed by atoms with Crippen molar-refractivity contribution < 1.29 is 5.11 Å². The van der Waals surface area contributed by atoms with Crippen molar-refractivity contribution in [3.63, 3.8) is 0 Å². The van der Waals surface area contributed by atoms with Gasteiger partial charge in [-0.3, -0.25) is 9.88 Å². The summed E-state index contributed by atoms with van der Waals surface area (Å²) in [4.78, 5) is 6.87. The first-order chi connectivity index (χ1) is 8.58. The van der Waals surface area contributed by atoms with Crippen LogP contribution in [0.15, 0.2) is 18.3 Å². The molecule has 2 heterocycles. The van der Waals surface area contributed by atoms with E-state index in [1.54, 1.807) is 0 Å². The minimum absolute atomic E-state index is 0.163. The Hall–Kier alpha value is -0.930. The Morgan fingerprint density at radius 2 is 2.11 bits per heavy atom. The van der Waals surface area contributed by atoms with Crippen LogP contribution in [0.5, 0.6) is 0 Å². The Morgan fingerprint density at radius 1 is 1.33 bits per heavy atom. The van der Waals surface area contributed by atoms with Gasteiger partial charge in [-0.25, -0.2) is 0 Å². The molecule has 100 valence electrons. The number of aromatic nitrogens is 1. The SMILES string of the molecule is CC(C)c1ccc(C(C)N2CCC[C@@H](O)C2)cn1. The third kappa shape index (κ3) is 3.09. The summed E-state index contributed by atoms with van der Waals surface area (Å²) in [6.07, 6.45) is 3.85. The van der Waals surface area contributed by atoms with E-state index in [4.69, 9.17) is 0 Å². The zero-order chi connectivity index (χ0) is 13.1. The van der Waals surface area contributed by atoms with E-state index in [9.17, 15) is 5.11 Å². The van der Waals surface area contributed by atoms with Crippen molar-refractivity contribution >= 4 is 0 Å². The number of pyridine rings is 1. The molecule has 0 aromatic carbocycles. The molecule has 2 rings (SSSR count). The Morgan fingerprint density at radius 3 is 2.67 bits per heavy atom. The van der Waals surface area contributed by atoms with E-state index in [0.29, 0.717) is 12.0 Å². The third-order valence-electron chi connectivity index (χ3n) is 3.86. The molecule has 2 atom stereocenters. The van der Waals surface area contributed by atoms with Crippen molar-refractivity contribution in [2.45, 2.75) is 51.7 Å². The lowest BCUT2D eigenvalue weighted by atomic mass is 10.0. The van der Waals surface area contributed by atoms with Gasteiger partial charge in [0.2, 0.25) is 0 Å². The lowest BCUT2D eigenvalue weighted by Crippen LogP contribution is -2.39. The molecule has 1 aromatic heterocycles. The molecule has 1 unspecified atom stereocenters. The highest BCUT2D eigenvalue weighted by Crippen LogP contribution is 2.24. The lowest BCUT2D eigenvalue weighted by Gasteiger charge is -2.35. The first kappa shape index (κ1) is 13.5. The molecule has 1 N–H and O–H groups in total. The smallest absolute Gasteiger partial charge is 0.0667 e. The van der Waals surface area contributed by atoms with E-state index in [2.05, 4.69) is 42.8 Å². The monoisotopic (exact) mass is 248 g/mol. The van der Waals surface area contributed by atoms with E-state index in [0.717, 1.165) is 31.6 Å². The van der Waals surface area contributed by atoms with E-state index in [1.165, 1.54) is 5.56 Å². The molecular formula is C15H24N2O. The van der Waals surface area contributed by atoms with Crippen LogP contribution >= 0.6 is 0 Å². The molecule has 0 amide bonds. The molecule has 3 nitrogen and oxygen atoms in total. The number of aliphatic hydroxyl groups excluding tert-OH is 1. The zero-order valence-electron chi connectivity index (χ0n) is 11.6. The summed E-state index contributed by atoms with van der Waals surface area (Å²) in [7, 11) is 0. The van der Waals surface area contributed by atoms with Crippen molar-refractivity contribution in [2.75, 3.05) is 13.1 Å². The molecular weight excluding hydrogens is 224 g/mol. The van der Waals surface area contributed by atoms with Gasteiger partial charge < -0.3 is 5.11 Å². The molecule has 1 fully saturated rings. The summed E-state index contributed by atoms with van der Waals surface area (Å²) in [5, 5.41) is 9.73. The second-order valence-corrected chi connectivity index (χ2v) is 5.64. The normalized spacial score (nSPS) is 23.3. The molecule has 1 aliphatic heterocycles. The highest BCUT2D eigenvalue weighted by atomic mass is 16.3. The first-order valence-electron chi connectivity index (χ1n) is 6.96. The number of likely N-dealkylation sites (tertiary alicyclic amines) is 1.